The zero-order chi connectivity index (χ0) is 9.30. The van der Waals surface area contributed by atoms with E-state index in [0.29, 0.717) is 0 Å². The smallest absolute Gasteiger partial charge is 0.207 e. The molecule has 1 rings (SSSR count). The van der Waals surface area contributed by atoms with Crippen molar-refractivity contribution in [2.45, 2.75) is 6.43 Å². The molecule has 0 amide bonds. The molecule has 0 nitrogen and oxygen atoms in total. The minimum atomic E-state index is -3.21. The number of hydrogen-bond acceptors (Lipinski definition) is 0. The van der Waals surface area contributed by atoms with Crippen LogP contribution in [0.15, 0.2) is 12.1 Å². The van der Waals surface area contributed by atoms with Crippen molar-refractivity contribution in [1.82, 2.24) is 0 Å². The van der Waals surface area contributed by atoms with Gasteiger partial charge in [0.25, 0.3) is 6.43 Å². The predicted molar refractivity (Wildman–Crippen MR) is 31.3 cm³/mol. The molecule has 0 aliphatic carbocycles. The van der Waals surface area contributed by atoms with Gasteiger partial charge in [0, 0.05) is 6.07 Å². The Morgan fingerprint density at radius 2 is 1.58 bits per heavy atom. The molecule has 0 aliphatic rings. The summed E-state index contributed by atoms with van der Waals surface area (Å²) in [6.45, 7) is 0. The summed E-state index contributed by atoms with van der Waals surface area (Å²) < 4.78 is 60.5. The van der Waals surface area contributed by atoms with E-state index in [0.717, 1.165) is 0 Å². The van der Waals surface area contributed by atoms with Crippen molar-refractivity contribution in [3.8, 4) is 0 Å². The SMILES string of the molecule is Fc1cc(F)c(F)c(C(F)F)c1. The van der Waals surface area contributed by atoms with Crippen LogP contribution in [0, 0.1) is 17.5 Å². The molecule has 0 N–H and O–H groups in total. The summed E-state index contributed by atoms with van der Waals surface area (Å²) in [5.41, 5.74) is -1.26. The van der Waals surface area contributed by atoms with Crippen LogP contribution >= 0.6 is 0 Å². The molecule has 0 saturated carbocycles. The van der Waals surface area contributed by atoms with Gasteiger partial charge in [0.1, 0.15) is 5.82 Å². The fraction of sp³-hybridized carbons (Fsp3) is 0.143. The Hall–Kier alpha value is -1.13. The van der Waals surface area contributed by atoms with Gasteiger partial charge in [-0.1, -0.05) is 0 Å². The summed E-state index contributed by atoms with van der Waals surface area (Å²) >= 11 is 0. The number of halogens is 5. The summed E-state index contributed by atoms with van der Waals surface area (Å²) in [5.74, 6) is -4.53. The van der Waals surface area contributed by atoms with E-state index in [2.05, 4.69) is 0 Å². The Kier molecular flexibility index (Phi) is 2.30. The van der Waals surface area contributed by atoms with Gasteiger partial charge in [-0.15, -0.1) is 0 Å². The normalized spacial score (nSPS) is 10.8. The van der Waals surface area contributed by atoms with Crippen LogP contribution in [0.2, 0.25) is 0 Å². The monoisotopic (exact) mass is 182 g/mol. The van der Waals surface area contributed by atoms with Gasteiger partial charge in [0.2, 0.25) is 0 Å². The lowest BCUT2D eigenvalue weighted by molar-refractivity contribution is 0.144. The van der Waals surface area contributed by atoms with Gasteiger partial charge in [-0.05, 0) is 6.07 Å². The quantitative estimate of drug-likeness (QED) is 0.462. The number of benzene rings is 1. The van der Waals surface area contributed by atoms with Crippen LogP contribution in [-0.4, -0.2) is 0 Å². The van der Waals surface area contributed by atoms with Gasteiger partial charge < -0.3 is 0 Å². The maximum Gasteiger partial charge on any atom is 0.266 e. The molecular formula is C7H3F5. The van der Waals surface area contributed by atoms with Gasteiger partial charge in [-0.2, -0.15) is 0 Å². The second-order valence-corrected chi connectivity index (χ2v) is 2.09. The van der Waals surface area contributed by atoms with E-state index in [1.807, 2.05) is 0 Å². The van der Waals surface area contributed by atoms with E-state index in [1.54, 1.807) is 0 Å². The van der Waals surface area contributed by atoms with Gasteiger partial charge in [-0.25, -0.2) is 22.0 Å². The molecule has 12 heavy (non-hydrogen) atoms. The molecule has 0 spiro atoms. The fourth-order valence-electron chi connectivity index (χ4n) is 0.735. The summed E-state index contributed by atoms with van der Waals surface area (Å²) in [7, 11) is 0. The lowest BCUT2D eigenvalue weighted by Gasteiger charge is -2.01. The van der Waals surface area contributed by atoms with Crippen LogP contribution in [-0.2, 0) is 0 Å². The third-order valence-electron chi connectivity index (χ3n) is 1.26. The second kappa shape index (κ2) is 3.08. The van der Waals surface area contributed by atoms with Crippen molar-refractivity contribution < 1.29 is 22.0 Å². The molecule has 0 heterocycles. The molecule has 0 saturated heterocycles. The first-order chi connectivity index (χ1) is 5.52. The minimum absolute atomic E-state index is 0.210. The van der Waals surface area contributed by atoms with Gasteiger partial charge in [0.05, 0.1) is 5.56 Å². The van der Waals surface area contributed by atoms with Crippen molar-refractivity contribution >= 4 is 0 Å². The maximum absolute atomic E-state index is 12.4. The molecule has 0 atom stereocenters. The predicted octanol–water partition coefficient (Wildman–Crippen LogP) is 3.04. The topological polar surface area (TPSA) is 0 Å². The molecule has 5 heteroatoms. The van der Waals surface area contributed by atoms with Gasteiger partial charge in [0.15, 0.2) is 11.6 Å². The fourth-order valence-corrected chi connectivity index (χ4v) is 0.735. The molecule has 0 fully saturated rings. The molecule has 0 radical (unpaired) electrons. The third kappa shape index (κ3) is 1.54. The molecule has 66 valence electrons. The molecule has 0 aromatic heterocycles. The maximum atomic E-state index is 12.4. The van der Waals surface area contributed by atoms with Crippen LogP contribution in [0.3, 0.4) is 0 Å². The third-order valence-corrected chi connectivity index (χ3v) is 1.26. The zero-order valence-electron chi connectivity index (χ0n) is 5.62. The average molecular weight is 182 g/mol. The summed E-state index contributed by atoms with van der Waals surface area (Å²) in [4.78, 5) is 0. The van der Waals surface area contributed by atoms with Crippen LogP contribution in [0.25, 0.3) is 0 Å². The Balaban J connectivity index is 3.28. The second-order valence-electron chi connectivity index (χ2n) is 2.09. The summed E-state index contributed by atoms with van der Waals surface area (Å²) in [6, 6.07) is 0.476. The van der Waals surface area contributed by atoms with Crippen LogP contribution in [0.4, 0.5) is 22.0 Å². The van der Waals surface area contributed by atoms with Crippen molar-refractivity contribution in [2.24, 2.45) is 0 Å². The van der Waals surface area contributed by atoms with Crippen molar-refractivity contribution in [3.05, 3.63) is 35.1 Å². The molecule has 1 aromatic rings. The van der Waals surface area contributed by atoms with E-state index in [1.165, 1.54) is 0 Å². The Morgan fingerprint density at radius 3 is 2.08 bits per heavy atom. The lowest BCUT2D eigenvalue weighted by Crippen LogP contribution is -1.96. The largest absolute Gasteiger partial charge is 0.266 e. The Morgan fingerprint density at radius 1 is 1.00 bits per heavy atom. The Labute approximate surface area is 64.6 Å². The highest BCUT2D eigenvalue weighted by molar-refractivity contribution is 5.21. The first-order valence-electron chi connectivity index (χ1n) is 2.95. The van der Waals surface area contributed by atoms with Crippen molar-refractivity contribution in [1.29, 1.82) is 0 Å². The van der Waals surface area contributed by atoms with Crippen LogP contribution in [0.1, 0.15) is 12.0 Å². The van der Waals surface area contributed by atoms with E-state index in [-0.39, 0.29) is 12.1 Å². The molecule has 0 unspecified atom stereocenters. The average Bonchev–Trinajstić information content (AvgIpc) is 1.96. The first kappa shape index (κ1) is 8.96. The minimum Gasteiger partial charge on any atom is -0.207 e. The molecular weight excluding hydrogens is 179 g/mol. The van der Waals surface area contributed by atoms with E-state index in [4.69, 9.17) is 0 Å². The zero-order valence-corrected chi connectivity index (χ0v) is 5.62. The van der Waals surface area contributed by atoms with Crippen LogP contribution < -0.4 is 0 Å². The summed E-state index contributed by atoms with van der Waals surface area (Å²) in [5, 5.41) is 0. The van der Waals surface area contributed by atoms with Crippen molar-refractivity contribution in [3.63, 3.8) is 0 Å². The lowest BCUT2D eigenvalue weighted by atomic mass is 10.2. The highest BCUT2D eigenvalue weighted by Crippen LogP contribution is 2.24. The summed E-state index contributed by atoms with van der Waals surface area (Å²) in [6.07, 6.45) is -3.21. The standard InChI is InChI=1S/C7H3F5/c8-3-1-4(7(11)12)6(10)5(9)2-3/h1-2,7H. The van der Waals surface area contributed by atoms with E-state index in [9.17, 15) is 22.0 Å². The highest BCUT2D eigenvalue weighted by atomic mass is 19.3. The number of hydrogen-bond donors (Lipinski definition) is 0. The Bertz CT molecular complexity index is 294. The van der Waals surface area contributed by atoms with E-state index < -0.39 is 29.4 Å². The molecule has 1 aromatic carbocycles. The van der Waals surface area contributed by atoms with Gasteiger partial charge in [-0.3, -0.25) is 0 Å². The van der Waals surface area contributed by atoms with Crippen molar-refractivity contribution in [2.75, 3.05) is 0 Å². The molecule has 0 bridgehead atoms. The number of rotatable bonds is 1. The highest BCUT2D eigenvalue weighted by Gasteiger charge is 2.18. The number of alkyl halides is 2. The van der Waals surface area contributed by atoms with Gasteiger partial charge >= 0.3 is 0 Å². The van der Waals surface area contributed by atoms with E-state index >= 15 is 0 Å². The molecule has 0 aliphatic heterocycles. The first-order valence-corrected chi connectivity index (χ1v) is 2.95. The van der Waals surface area contributed by atoms with Crippen LogP contribution in [0.5, 0.6) is 0 Å².